The summed E-state index contributed by atoms with van der Waals surface area (Å²) < 4.78 is 45.2. The first-order chi connectivity index (χ1) is 10.9. The van der Waals surface area contributed by atoms with Crippen molar-refractivity contribution in [2.24, 2.45) is 10.7 Å². The average molecular weight is 460 g/mol. The van der Waals surface area contributed by atoms with Gasteiger partial charge in [0, 0.05) is 25.3 Å². The zero-order valence-corrected chi connectivity index (χ0v) is 15.2. The van der Waals surface area contributed by atoms with Crippen molar-refractivity contribution in [3.05, 3.63) is 24.3 Å². The highest BCUT2D eigenvalue weighted by atomic mass is 127. The molecule has 0 aliphatic carbocycles. The first kappa shape index (κ1) is 20.8. The third-order valence-corrected chi connectivity index (χ3v) is 3.16. The lowest BCUT2D eigenvalue weighted by molar-refractivity contribution is -0.274. The van der Waals surface area contributed by atoms with Gasteiger partial charge in [-0.2, -0.15) is 0 Å². The van der Waals surface area contributed by atoms with Gasteiger partial charge in [-0.05, 0) is 24.3 Å². The van der Waals surface area contributed by atoms with Crippen LogP contribution >= 0.6 is 24.0 Å². The molecule has 24 heavy (non-hydrogen) atoms. The molecule has 2 rings (SSSR count). The van der Waals surface area contributed by atoms with E-state index < -0.39 is 6.36 Å². The maximum absolute atomic E-state index is 12.1. The van der Waals surface area contributed by atoms with E-state index in [-0.39, 0.29) is 35.7 Å². The fourth-order valence-corrected chi connectivity index (χ4v) is 2.06. The molecule has 1 saturated heterocycles. The number of nitrogens with one attached hydrogen (secondary N) is 1. The molecular weight excluding hydrogens is 440 g/mol. The van der Waals surface area contributed by atoms with Crippen LogP contribution in [0.5, 0.6) is 5.75 Å². The van der Waals surface area contributed by atoms with Gasteiger partial charge in [-0.1, -0.05) is 0 Å². The van der Waals surface area contributed by atoms with Gasteiger partial charge in [-0.25, -0.2) is 0 Å². The SMILES string of the molecule is I.NC(=NCCN1CCOCC1)Nc1ccc(OC(F)(F)F)cc1. The standard InChI is InChI=1S/C14H19F3N4O2.HI/c15-14(16,17)23-12-3-1-11(2-4-12)20-13(18)19-5-6-21-7-9-22-10-8-21;/h1-4H,5-10H2,(H3,18,19,20);1H. The number of ether oxygens (including phenoxy) is 2. The Morgan fingerprint density at radius 2 is 1.88 bits per heavy atom. The lowest BCUT2D eigenvalue weighted by Crippen LogP contribution is -2.38. The molecule has 0 amide bonds. The number of alkyl halides is 3. The van der Waals surface area contributed by atoms with Crippen molar-refractivity contribution in [1.29, 1.82) is 0 Å². The van der Waals surface area contributed by atoms with Crippen molar-refractivity contribution < 1.29 is 22.6 Å². The van der Waals surface area contributed by atoms with Crippen LogP contribution in [0.4, 0.5) is 18.9 Å². The number of anilines is 1. The van der Waals surface area contributed by atoms with Crippen LogP contribution in [-0.2, 0) is 4.74 Å². The van der Waals surface area contributed by atoms with Crippen LogP contribution in [0.2, 0.25) is 0 Å². The van der Waals surface area contributed by atoms with Crippen LogP contribution in [0.3, 0.4) is 0 Å². The normalized spacial score (nSPS) is 16.4. The Balaban J connectivity index is 0.00000288. The molecule has 6 nitrogen and oxygen atoms in total. The summed E-state index contributed by atoms with van der Waals surface area (Å²) in [5.74, 6) is -0.0753. The summed E-state index contributed by atoms with van der Waals surface area (Å²) in [6, 6.07) is 5.28. The number of hydrogen-bond donors (Lipinski definition) is 2. The predicted molar refractivity (Wildman–Crippen MR) is 95.9 cm³/mol. The Bertz CT molecular complexity index is 520. The predicted octanol–water partition coefficient (Wildman–Crippen LogP) is 2.26. The molecule has 3 N–H and O–H groups in total. The van der Waals surface area contributed by atoms with Crippen LogP contribution in [0, 0.1) is 0 Å². The van der Waals surface area contributed by atoms with E-state index in [9.17, 15) is 13.2 Å². The molecule has 0 radical (unpaired) electrons. The third kappa shape index (κ3) is 8.02. The van der Waals surface area contributed by atoms with Crippen molar-refractivity contribution in [1.82, 2.24) is 4.90 Å². The summed E-state index contributed by atoms with van der Waals surface area (Å²) in [5.41, 5.74) is 6.28. The molecule has 0 bridgehead atoms. The molecule has 1 aromatic carbocycles. The molecule has 1 aromatic rings. The summed E-state index contributed by atoms with van der Waals surface area (Å²) in [5, 5.41) is 2.82. The number of nitrogens with two attached hydrogens (primary N) is 1. The van der Waals surface area contributed by atoms with E-state index in [0.717, 1.165) is 32.8 Å². The lowest BCUT2D eigenvalue weighted by atomic mass is 10.3. The summed E-state index contributed by atoms with van der Waals surface area (Å²) in [7, 11) is 0. The molecule has 10 heteroatoms. The fourth-order valence-electron chi connectivity index (χ4n) is 2.06. The summed E-state index contributed by atoms with van der Waals surface area (Å²) in [6.07, 6.45) is -4.70. The number of rotatable bonds is 5. The Morgan fingerprint density at radius 1 is 1.25 bits per heavy atom. The van der Waals surface area contributed by atoms with Gasteiger partial charge in [0.25, 0.3) is 0 Å². The number of halogens is 4. The number of morpholine rings is 1. The molecule has 1 aliphatic rings. The number of aliphatic imine (C=N–C) groups is 1. The molecule has 0 unspecified atom stereocenters. The zero-order valence-electron chi connectivity index (χ0n) is 12.9. The maximum Gasteiger partial charge on any atom is 0.573 e. The van der Waals surface area contributed by atoms with E-state index in [1.54, 1.807) is 0 Å². The number of nitrogens with zero attached hydrogens (tertiary/aromatic N) is 2. The van der Waals surface area contributed by atoms with E-state index >= 15 is 0 Å². The lowest BCUT2D eigenvalue weighted by Gasteiger charge is -2.25. The minimum Gasteiger partial charge on any atom is -0.406 e. The molecule has 1 heterocycles. The second kappa shape index (κ2) is 9.89. The van der Waals surface area contributed by atoms with E-state index in [2.05, 4.69) is 19.9 Å². The van der Waals surface area contributed by atoms with Gasteiger partial charge < -0.3 is 20.5 Å². The Hall–Kier alpha value is -1.27. The quantitative estimate of drug-likeness (QED) is 0.401. The van der Waals surface area contributed by atoms with Crippen LogP contribution < -0.4 is 15.8 Å². The monoisotopic (exact) mass is 460 g/mol. The summed E-state index contributed by atoms with van der Waals surface area (Å²) in [6.45, 7) is 4.53. The van der Waals surface area contributed by atoms with Gasteiger partial charge in [0.1, 0.15) is 5.75 Å². The van der Waals surface area contributed by atoms with Gasteiger partial charge in [-0.15, -0.1) is 37.1 Å². The third-order valence-electron chi connectivity index (χ3n) is 3.16. The Labute approximate surface area is 155 Å². The highest BCUT2D eigenvalue weighted by Gasteiger charge is 2.30. The second-order valence-electron chi connectivity index (χ2n) is 4.92. The highest BCUT2D eigenvalue weighted by Crippen LogP contribution is 2.23. The van der Waals surface area contributed by atoms with Gasteiger partial charge in [-0.3, -0.25) is 9.89 Å². The van der Waals surface area contributed by atoms with Gasteiger partial charge >= 0.3 is 6.36 Å². The number of hydrogen-bond acceptors (Lipinski definition) is 4. The van der Waals surface area contributed by atoms with Crippen LogP contribution in [0.25, 0.3) is 0 Å². The molecule has 1 fully saturated rings. The van der Waals surface area contributed by atoms with E-state index in [1.165, 1.54) is 24.3 Å². The van der Waals surface area contributed by atoms with Crippen molar-refractivity contribution >= 4 is 35.6 Å². The van der Waals surface area contributed by atoms with Crippen molar-refractivity contribution in [2.75, 3.05) is 44.7 Å². The average Bonchev–Trinajstić information content (AvgIpc) is 2.49. The summed E-state index contributed by atoms with van der Waals surface area (Å²) in [4.78, 5) is 6.41. The van der Waals surface area contributed by atoms with E-state index in [0.29, 0.717) is 12.2 Å². The zero-order chi connectivity index (χ0) is 16.7. The van der Waals surface area contributed by atoms with Gasteiger partial charge in [0.2, 0.25) is 0 Å². The smallest absolute Gasteiger partial charge is 0.406 e. The fraction of sp³-hybridized carbons (Fsp3) is 0.500. The molecule has 0 atom stereocenters. The van der Waals surface area contributed by atoms with E-state index in [1.807, 2.05) is 0 Å². The maximum atomic E-state index is 12.1. The Morgan fingerprint density at radius 3 is 2.46 bits per heavy atom. The first-order valence-corrected chi connectivity index (χ1v) is 7.15. The highest BCUT2D eigenvalue weighted by molar-refractivity contribution is 14.0. The molecule has 0 spiro atoms. The number of guanidine groups is 1. The topological polar surface area (TPSA) is 72.1 Å². The largest absolute Gasteiger partial charge is 0.573 e. The van der Waals surface area contributed by atoms with E-state index in [4.69, 9.17) is 10.5 Å². The van der Waals surface area contributed by atoms with Crippen LogP contribution in [0.15, 0.2) is 29.3 Å². The van der Waals surface area contributed by atoms with Crippen molar-refractivity contribution in [3.63, 3.8) is 0 Å². The summed E-state index contributed by atoms with van der Waals surface area (Å²) >= 11 is 0. The van der Waals surface area contributed by atoms with Crippen molar-refractivity contribution in [2.45, 2.75) is 6.36 Å². The minimum absolute atomic E-state index is 0. The van der Waals surface area contributed by atoms with Gasteiger partial charge in [0.15, 0.2) is 5.96 Å². The minimum atomic E-state index is -4.70. The molecule has 1 aliphatic heterocycles. The molecular formula is C14H20F3IN4O2. The van der Waals surface area contributed by atoms with Crippen LogP contribution in [0.1, 0.15) is 0 Å². The molecule has 0 aromatic heterocycles. The first-order valence-electron chi connectivity index (χ1n) is 7.15. The van der Waals surface area contributed by atoms with Crippen LogP contribution in [-0.4, -0.2) is 56.6 Å². The Kier molecular flexibility index (Phi) is 8.56. The number of benzene rings is 1. The van der Waals surface area contributed by atoms with Gasteiger partial charge in [0.05, 0.1) is 19.8 Å². The second-order valence-corrected chi connectivity index (χ2v) is 4.92. The molecule has 0 saturated carbocycles. The molecule has 136 valence electrons. The van der Waals surface area contributed by atoms with Crippen molar-refractivity contribution in [3.8, 4) is 5.75 Å².